The lowest BCUT2D eigenvalue weighted by Gasteiger charge is -2.11. The van der Waals surface area contributed by atoms with E-state index in [1.165, 1.54) is 17.6 Å². The van der Waals surface area contributed by atoms with Crippen molar-refractivity contribution >= 4 is 29.4 Å². The minimum Gasteiger partial charge on any atom is -0.352 e. The van der Waals surface area contributed by atoms with Crippen LogP contribution in [0.15, 0.2) is 11.0 Å². The van der Waals surface area contributed by atoms with Gasteiger partial charge in [-0.1, -0.05) is 32.2 Å². The van der Waals surface area contributed by atoms with Crippen LogP contribution >= 0.6 is 11.5 Å². The van der Waals surface area contributed by atoms with Crippen molar-refractivity contribution in [3.63, 3.8) is 0 Å². The van der Waals surface area contributed by atoms with Crippen LogP contribution in [-0.4, -0.2) is 34.5 Å². The van der Waals surface area contributed by atoms with Crippen molar-refractivity contribution in [2.75, 3.05) is 13.1 Å². The number of hydrogen-bond acceptors (Lipinski definition) is 5. The van der Waals surface area contributed by atoms with E-state index in [1.54, 1.807) is 5.38 Å². The van der Waals surface area contributed by atoms with Gasteiger partial charge in [-0.15, -0.1) is 5.10 Å². The van der Waals surface area contributed by atoms with Gasteiger partial charge in [0, 0.05) is 18.5 Å². The average Bonchev–Trinajstić information content (AvgIpc) is 2.96. The first-order valence-corrected chi connectivity index (χ1v) is 8.79. The third-order valence-corrected chi connectivity index (χ3v) is 3.70. The first-order valence-electron chi connectivity index (χ1n) is 7.95. The summed E-state index contributed by atoms with van der Waals surface area (Å²) < 4.78 is 3.75. The highest BCUT2D eigenvalue weighted by atomic mass is 32.1. The van der Waals surface area contributed by atoms with E-state index < -0.39 is 0 Å². The molecule has 2 N–H and O–H groups in total. The number of carbonyl (C=O) groups is 2. The fourth-order valence-electron chi connectivity index (χ4n) is 1.76. The number of rotatable bonds is 9. The Bertz CT molecular complexity index is 496. The number of nitrogens with one attached hydrogen (secondary N) is 2. The van der Waals surface area contributed by atoms with Crippen LogP contribution in [-0.2, 0) is 9.59 Å². The van der Waals surface area contributed by atoms with E-state index in [9.17, 15) is 9.59 Å². The molecule has 23 heavy (non-hydrogen) atoms. The van der Waals surface area contributed by atoms with E-state index in [1.807, 2.05) is 0 Å². The molecule has 0 aliphatic heterocycles. The number of nitrogens with zero attached hydrogens (tertiary/aromatic N) is 2. The molecule has 128 valence electrons. The summed E-state index contributed by atoms with van der Waals surface area (Å²) in [6.45, 7) is 9.43. The van der Waals surface area contributed by atoms with Crippen LogP contribution in [0.1, 0.15) is 46.2 Å². The van der Waals surface area contributed by atoms with Crippen LogP contribution in [0.4, 0.5) is 0 Å². The SMILES string of the molecule is CC(C)CCNC(=O)C(=Cc1csnn1)C(=O)NCCC(C)C. The first kappa shape index (κ1) is 19.3. The summed E-state index contributed by atoms with van der Waals surface area (Å²) in [6.07, 6.45) is 3.22. The monoisotopic (exact) mass is 338 g/mol. The molecule has 1 heterocycles. The maximum Gasteiger partial charge on any atom is 0.256 e. The smallest absolute Gasteiger partial charge is 0.256 e. The molecule has 7 heteroatoms. The maximum atomic E-state index is 12.3. The van der Waals surface area contributed by atoms with E-state index in [4.69, 9.17) is 0 Å². The quantitative estimate of drug-likeness (QED) is 0.411. The largest absolute Gasteiger partial charge is 0.352 e. The molecule has 0 radical (unpaired) electrons. The number of amides is 2. The Morgan fingerprint density at radius 3 is 2.00 bits per heavy atom. The van der Waals surface area contributed by atoms with Gasteiger partial charge in [0.1, 0.15) is 5.57 Å². The second kappa shape index (κ2) is 10.1. The zero-order valence-electron chi connectivity index (χ0n) is 14.3. The minimum absolute atomic E-state index is 0.0743. The Morgan fingerprint density at radius 2 is 1.61 bits per heavy atom. The molecule has 0 bridgehead atoms. The van der Waals surface area contributed by atoms with Gasteiger partial charge in [0.05, 0.1) is 5.69 Å². The molecule has 1 rings (SSSR count). The second-order valence-corrected chi connectivity index (χ2v) is 6.87. The lowest BCUT2D eigenvalue weighted by atomic mass is 10.1. The highest BCUT2D eigenvalue weighted by Gasteiger charge is 2.18. The van der Waals surface area contributed by atoms with Crippen molar-refractivity contribution in [3.8, 4) is 0 Å². The highest BCUT2D eigenvalue weighted by Crippen LogP contribution is 2.07. The Hall–Kier alpha value is -1.76. The molecule has 2 amide bonds. The van der Waals surface area contributed by atoms with Crippen molar-refractivity contribution in [1.82, 2.24) is 20.2 Å². The standard InChI is InChI=1S/C16H26N4O2S/c1-11(2)5-7-17-15(21)14(9-13-10-23-20-19-13)16(22)18-8-6-12(3)4/h9-12H,5-8H2,1-4H3,(H,17,21)(H,18,22). The molecule has 1 aromatic rings. The summed E-state index contributed by atoms with van der Waals surface area (Å²) in [5.74, 6) is 0.233. The summed E-state index contributed by atoms with van der Waals surface area (Å²) in [5, 5.41) is 11.2. The molecule has 0 fully saturated rings. The van der Waals surface area contributed by atoms with E-state index in [2.05, 4.69) is 47.9 Å². The number of aromatic nitrogens is 2. The lowest BCUT2D eigenvalue weighted by molar-refractivity contribution is -0.123. The molecule has 6 nitrogen and oxygen atoms in total. The van der Waals surface area contributed by atoms with Gasteiger partial charge in [-0.2, -0.15) is 0 Å². The van der Waals surface area contributed by atoms with Crippen LogP contribution in [0.2, 0.25) is 0 Å². The predicted octanol–water partition coefficient (Wildman–Crippen LogP) is 2.25. The second-order valence-electron chi connectivity index (χ2n) is 6.26. The van der Waals surface area contributed by atoms with Gasteiger partial charge in [-0.05, 0) is 42.3 Å². The van der Waals surface area contributed by atoms with Crippen molar-refractivity contribution in [1.29, 1.82) is 0 Å². The van der Waals surface area contributed by atoms with Crippen LogP contribution in [0.3, 0.4) is 0 Å². The van der Waals surface area contributed by atoms with Gasteiger partial charge in [0.2, 0.25) is 0 Å². The normalized spacial score (nSPS) is 10.7. The molecule has 0 saturated carbocycles. The Labute approximate surface area is 141 Å². The third-order valence-electron chi connectivity index (χ3n) is 3.17. The summed E-state index contributed by atoms with van der Waals surface area (Å²) in [4.78, 5) is 24.6. The Kier molecular flexibility index (Phi) is 8.47. The molecule has 0 aliphatic carbocycles. The molecular formula is C16H26N4O2S. The van der Waals surface area contributed by atoms with Gasteiger partial charge in [-0.25, -0.2) is 0 Å². The molecule has 0 saturated heterocycles. The third kappa shape index (κ3) is 7.88. The topological polar surface area (TPSA) is 84.0 Å². The van der Waals surface area contributed by atoms with E-state index in [0.29, 0.717) is 30.6 Å². The van der Waals surface area contributed by atoms with Gasteiger partial charge in [0.15, 0.2) is 0 Å². The van der Waals surface area contributed by atoms with Crippen molar-refractivity contribution in [2.24, 2.45) is 11.8 Å². The van der Waals surface area contributed by atoms with E-state index in [0.717, 1.165) is 12.8 Å². The Balaban J connectivity index is 2.73. The van der Waals surface area contributed by atoms with Crippen LogP contribution in [0, 0.1) is 11.8 Å². The average molecular weight is 338 g/mol. The highest BCUT2D eigenvalue weighted by molar-refractivity contribution is 7.03. The molecular weight excluding hydrogens is 312 g/mol. The lowest BCUT2D eigenvalue weighted by Crippen LogP contribution is -2.36. The van der Waals surface area contributed by atoms with Gasteiger partial charge in [-0.3, -0.25) is 9.59 Å². The molecule has 0 atom stereocenters. The van der Waals surface area contributed by atoms with E-state index in [-0.39, 0.29) is 17.4 Å². The zero-order chi connectivity index (χ0) is 17.2. The van der Waals surface area contributed by atoms with Crippen molar-refractivity contribution in [3.05, 3.63) is 16.6 Å². The molecule has 1 aromatic heterocycles. The van der Waals surface area contributed by atoms with Gasteiger partial charge in [0.25, 0.3) is 11.8 Å². The summed E-state index contributed by atoms with van der Waals surface area (Å²) in [5.41, 5.74) is 0.591. The maximum absolute atomic E-state index is 12.3. The van der Waals surface area contributed by atoms with Gasteiger partial charge >= 0.3 is 0 Å². The summed E-state index contributed by atoms with van der Waals surface area (Å²) in [6, 6.07) is 0. The van der Waals surface area contributed by atoms with Crippen LogP contribution in [0.25, 0.3) is 6.08 Å². The first-order chi connectivity index (χ1) is 10.9. The molecule has 0 spiro atoms. The van der Waals surface area contributed by atoms with Gasteiger partial charge < -0.3 is 10.6 Å². The predicted molar refractivity (Wildman–Crippen MR) is 92.8 cm³/mol. The fraction of sp³-hybridized carbons (Fsp3) is 0.625. The molecule has 0 unspecified atom stereocenters. The zero-order valence-corrected chi connectivity index (χ0v) is 15.1. The van der Waals surface area contributed by atoms with Crippen LogP contribution < -0.4 is 10.6 Å². The molecule has 0 aliphatic rings. The van der Waals surface area contributed by atoms with E-state index >= 15 is 0 Å². The minimum atomic E-state index is -0.374. The van der Waals surface area contributed by atoms with Crippen molar-refractivity contribution in [2.45, 2.75) is 40.5 Å². The summed E-state index contributed by atoms with van der Waals surface area (Å²) in [7, 11) is 0. The number of hydrogen-bond donors (Lipinski definition) is 2. The van der Waals surface area contributed by atoms with Crippen LogP contribution in [0.5, 0.6) is 0 Å². The number of carbonyl (C=O) groups excluding carboxylic acids is 2. The Morgan fingerprint density at radius 1 is 1.09 bits per heavy atom. The summed E-state index contributed by atoms with van der Waals surface area (Å²) >= 11 is 1.18. The van der Waals surface area contributed by atoms with Crippen molar-refractivity contribution < 1.29 is 9.59 Å². The molecule has 0 aromatic carbocycles. The fourth-order valence-corrected chi connectivity index (χ4v) is 2.17.